The molecule has 0 saturated heterocycles. The Bertz CT molecular complexity index is 719. The Morgan fingerprint density at radius 2 is 2.10 bits per heavy atom. The highest BCUT2D eigenvalue weighted by Gasteiger charge is 2.11. The lowest BCUT2D eigenvalue weighted by molar-refractivity contribution is 0.0996. The number of aromatic nitrogens is 1. The van der Waals surface area contributed by atoms with E-state index in [4.69, 9.17) is 4.74 Å². The Hall–Kier alpha value is -0.990. The van der Waals surface area contributed by atoms with Crippen molar-refractivity contribution in [2.45, 2.75) is 20.4 Å². The molecule has 0 N–H and O–H groups in total. The van der Waals surface area contributed by atoms with E-state index in [0.717, 1.165) is 14.1 Å². The summed E-state index contributed by atoms with van der Waals surface area (Å²) in [6, 6.07) is 7.49. The predicted octanol–water partition coefficient (Wildman–Crippen LogP) is 3.16. The molecule has 4 nitrogen and oxygen atoms in total. The van der Waals surface area contributed by atoms with Crippen molar-refractivity contribution in [2.75, 3.05) is 13.7 Å². The monoisotopic (exact) mass is 416 g/mol. The van der Waals surface area contributed by atoms with Gasteiger partial charge in [-0.3, -0.25) is 4.79 Å². The van der Waals surface area contributed by atoms with Crippen molar-refractivity contribution >= 4 is 39.8 Å². The third-order valence-electron chi connectivity index (χ3n) is 3.21. The van der Waals surface area contributed by atoms with Crippen molar-refractivity contribution in [3.05, 3.63) is 48.8 Å². The molecule has 112 valence electrons. The van der Waals surface area contributed by atoms with E-state index in [-0.39, 0.29) is 5.91 Å². The molecule has 21 heavy (non-hydrogen) atoms. The van der Waals surface area contributed by atoms with Gasteiger partial charge < -0.3 is 9.30 Å². The number of hydrogen-bond acceptors (Lipinski definition) is 3. The fraction of sp³-hybridized carbons (Fsp3) is 0.333. The molecular formula is C15H17IN2O2S. The molecule has 0 unspecified atom stereocenters. The van der Waals surface area contributed by atoms with Gasteiger partial charge >= 0.3 is 0 Å². The van der Waals surface area contributed by atoms with Crippen LogP contribution in [-0.2, 0) is 11.3 Å². The second kappa shape index (κ2) is 7.33. The molecule has 0 aliphatic carbocycles. The topological polar surface area (TPSA) is 43.6 Å². The minimum atomic E-state index is -0.201. The van der Waals surface area contributed by atoms with Crippen molar-refractivity contribution in [1.29, 1.82) is 0 Å². The van der Waals surface area contributed by atoms with Gasteiger partial charge in [0.25, 0.3) is 5.91 Å². The summed E-state index contributed by atoms with van der Waals surface area (Å²) in [5.74, 6) is -0.201. The van der Waals surface area contributed by atoms with Crippen LogP contribution in [0.1, 0.15) is 20.9 Å². The summed E-state index contributed by atoms with van der Waals surface area (Å²) >= 11 is 3.70. The standard InChI is InChI=1S/C15H17IN2O2S/c1-10-11(2)21-15(18(10)8-9-20-3)17-14(19)12-6-4-5-7-13(12)16/h4-7H,8-9H2,1-3H3. The molecule has 1 heterocycles. The second-order valence-corrected chi connectivity index (χ2v) is 6.91. The molecule has 0 saturated carbocycles. The zero-order valence-electron chi connectivity index (χ0n) is 12.2. The fourth-order valence-electron chi connectivity index (χ4n) is 1.91. The molecule has 0 spiro atoms. The summed E-state index contributed by atoms with van der Waals surface area (Å²) < 4.78 is 8.08. The average molecular weight is 416 g/mol. The first-order valence-corrected chi connectivity index (χ1v) is 8.43. The van der Waals surface area contributed by atoms with E-state index in [1.165, 1.54) is 16.2 Å². The minimum absolute atomic E-state index is 0.201. The van der Waals surface area contributed by atoms with E-state index < -0.39 is 0 Å². The molecule has 1 aromatic carbocycles. The van der Waals surface area contributed by atoms with Gasteiger partial charge in [0.2, 0.25) is 0 Å². The molecule has 0 radical (unpaired) electrons. The van der Waals surface area contributed by atoms with Crippen LogP contribution in [0.4, 0.5) is 0 Å². The van der Waals surface area contributed by atoms with Gasteiger partial charge in [-0.15, -0.1) is 11.3 Å². The molecule has 6 heteroatoms. The third-order valence-corrected chi connectivity index (χ3v) is 5.25. The van der Waals surface area contributed by atoms with Crippen LogP contribution in [0.25, 0.3) is 0 Å². The lowest BCUT2D eigenvalue weighted by Crippen LogP contribution is -2.20. The van der Waals surface area contributed by atoms with Gasteiger partial charge in [0.05, 0.1) is 12.2 Å². The first-order chi connectivity index (χ1) is 10.0. The number of thiazole rings is 1. The van der Waals surface area contributed by atoms with Crippen LogP contribution in [0.2, 0.25) is 0 Å². The number of rotatable bonds is 4. The van der Waals surface area contributed by atoms with Crippen molar-refractivity contribution in [1.82, 2.24) is 4.57 Å². The summed E-state index contributed by atoms with van der Waals surface area (Å²) in [6.07, 6.45) is 0. The van der Waals surface area contributed by atoms with Gasteiger partial charge in [-0.1, -0.05) is 12.1 Å². The molecule has 2 rings (SSSR count). The molecule has 2 aromatic rings. The van der Waals surface area contributed by atoms with Gasteiger partial charge in [-0.25, -0.2) is 0 Å². The van der Waals surface area contributed by atoms with E-state index in [1.54, 1.807) is 13.2 Å². The largest absolute Gasteiger partial charge is 0.383 e. The zero-order chi connectivity index (χ0) is 15.4. The Balaban J connectivity index is 2.43. The predicted molar refractivity (Wildman–Crippen MR) is 92.7 cm³/mol. The maximum atomic E-state index is 12.4. The molecule has 1 aromatic heterocycles. The van der Waals surface area contributed by atoms with Gasteiger partial charge in [-0.2, -0.15) is 4.99 Å². The highest BCUT2D eigenvalue weighted by molar-refractivity contribution is 14.1. The number of ether oxygens (including phenoxy) is 1. The Morgan fingerprint density at radius 1 is 1.38 bits per heavy atom. The van der Waals surface area contributed by atoms with Crippen molar-refractivity contribution in [3.63, 3.8) is 0 Å². The molecule has 0 aliphatic heterocycles. The van der Waals surface area contributed by atoms with Gasteiger partial charge in [0, 0.05) is 27.8 Å². The first kappa shape index (κ1) is 16.4. The van der Waals surface area contributed by atoms with Crippen LogP contribution in [0.3, 0.4) is 0 Å². The first-order valence-electron chi connectivity index (χ1n) is 6.54. The SMILES string of the molecule is COCCn1c(C)c(C)sc1=NC(=O)c1ccccc1I. The van der Waals surface area contributed by atoms with Crippen LogP contribution in [0, 0.1) is 17.4 Å². The molecule has 0 aliphatic rings. The smallest absolute Gasteiger partial charge is 0.280 e. The zero-order valence-corrected chi connectivity index (χ0v) is 15.2. The number of nitrogens with zero attached hydrogens (tertiary/aromatic N) is 2. The van der Waals surface area contributed by atoms with E-state index in [2.05, 4.69) is 27.6 Å². The number of aryl methyl sites for hydroxylation is 1. The number of carbonyl (C=O) groups is 1. The maximum absolute atomic E-state index is 12.4. The van der Waals surface area contributed by atoms with E-state index in [1.807, 2.05) is 36.6 Å². The van der Waals surface area contributed by atoms with Crippen LogP contribution < -0.4 is 4.80 Å². The number of carbonyl (C=O) groups excluding carboxylic acids is 1. The normalized spacial score (nSPS) is 11.9. The number of benzene rings is 1. The highest BCUT2D eigenvalue weighted by atomic mass is 127. The van der Waals surface area contributed by atoms with Crippen LogP contribution in [-0.4, -0.2) is 24.2 Å². The van der Waals surface area contributed by atoms with E-state index in [0.29, 0.717) is 18.7 Å². The van der Waals surface area contributed by atoms with Crippen LogP contribution in [0.15, 0.2) is 29.3 Å². The lowest BCUT2D eigenvalue weighted by atomic mass is 10.2. The maximum Gasteiger partial charge on any atom is 0.280 e. The summed E-state index contributed by atoms with van der Waals surface area (Å²) in [6.45, 7) is 5.38. The molecule has 0 bridgehead atoms. The summed E-state index contributed by atoms with van der Waals surface area (Å²) in [5, 5.41) is 0. The highest BCUT2D eigenvalue weighted by Crippen LogP contribution is 2.13. The van der Waals surface area contributed by atoms with Crippen molar-refractivity contribution in [3.8, 4) is 0 Å². The lowest BCUT2D eigenvalue weighted by Gasteiger charge is -2.05. The summed E-state index contributed by atoms with van der Waals surface area (Å²) in [7, 11) is 1.67. The Kier molecular flexibility index (Phi) is 5.72. The number of hydrogen-bond donors (Lipinski definition) is 0. The van der Waals surface area contributed by atoms with Crippen LogP contribution >= 0.6 is 33.9 Å². The number of amides is 1. The number of methoxy groups -OCH3 is 1. The van der Waals surface area contributed by atoms with Gasteiger partial charge in [0.15, 0.2) is 4.80 Å². The van der Waals surface area contributed by atoms with E-state index >= 15 is 0 Å². The fourth-order valence-corrected chi connectivity index (χ4v) is 3.53. The third kappa shape index (κ3) is 3.81. The average Bonchev–Trinajstić information content (AvgIpc) is 2.72. The Morgan fingerprint density at radius 3 is 2.76 bits per heavy atom. The van der Waals surface area contributed by atoms with Crippen molar-refractivity contribution in [2.24, 2.45) is 4.99 Å². The van der Waals surface area contributed by atoms with Crippen LogP contribution in [0.5, 0.6) is 0 Å². The molecule has 0 atom stereocenters. The minimum Gasteiger partial charge on any atom is -0.383 e. The molecule has 0 fully saturated rings. The van der Waals surface area contributed by atoms with Crippen molar-refractivity contribution < 1.29 is 9.53 Å². The summed E-state index contributed by atoms with van der Waals surface area (Å²) in [4.78, 5) is 18.6. The second-order valence-electron chi connectivity index (χ2n) is 4.57. The quantitative estimate of drug-likeness (QED) is 0.719. The molecular weight excluding hydrogens is 399 g/mol. The van der Waals surface area contributed by atoms with E-state index in [9.17, 15) is 4.79 Å². The van der Waals surface area contributed by atoms with Gasteiger partial charge in [0.1, 0.15) is 0 Å². The number of halogens is 1. The van der Waals surface area contributed by atoms with Gasteiger partial charge in [-0.05, 0) is 48.6 Å². The summed E-state index contributed by atoms with van der Waals surface area (Å²) in [5.41, 5.74) is 1.77. The Labute approximate surface area is 141 Å². The molecule has 1 amide bonds.